The molecule has 6 nitrogen and oxygen atoms in total. The minimum absolute atomic E-state index is 0.113. The van der Waals surface area contributed by atoms with Gasteiger partial charge in [0.1, 0.15) is 18.1 Å². The lowest BCUT2D eigenvalue weighted by Gasteiger charge is -2.13. The lowest BCUT2D eigenvalue weighted by molar-refractivity contribution is -0.137. The van der Waals surface area contributed by atoms with Gasteiger partial charge < -0.3 is 9.47 Å². The number of rotatable bonds is 5. The van der Waals surface area contributed by atoms with E-state index in [0.717, 1.165) is 5.56 Å². The van der Waals surface area contributed by atoms with Crippen LogP contribution in [-0.4, -0.2) is 24.2 Å². The van der Waals surface area contributed by atoms with Gasteiger partial charge >= 0.3 is 5.97 Å². The van der Waals surface area contributed by atoms with E-state index in [1.165, 1.54) is 0 Å². The number of nitrogens with one attached hydrogen (secondary N) is 1. The number of carbonyl (C=O) groups excluding carboxylic acids is 2. The number of para-hydroxylation sites is 1. The SMILES string of the molecule is CCOc1ccccc1COC(=O)C1=NNC(=O)CC1. The number of ether oxygens (including phenoxy) is 2. The summed E-state index contributed by atoms with van der Waals surface area (Å²) in [6, 6.07) is 7.37. The molecule has 2 rings (SSSR count). The first kappa shape index (κ1) is 14.0. The molecule has 20 heavy (non-hydrogen) atoms. The molecule has 1 heterocycles. The first-order valence-electron chi connectivity index (χ1n) is 6.44. The van der Waals surface area contributed by atoms with Crippen molar-refractivity contribution in [2.24, 2.45) is 5.10 Å². The Kier molecular flexibility index (Phi) is 4.70. The molecule has 0 unspecified atom stereocenters. The number of hydrogen-bond acceptors (Lipinski definition) is 5. The summed E-state index contributed by atoms with van der Waals surface area (Å²) in [5.41, 5.74) is 3.30. The first-order valence-corrected chi connectivity index (χ1v) is 6.44. The van der Waals surface area contributed by atoms with Gasteiger partial charge in [0.15, 0.2) is 0 Å². The van der Waals surface area contributed by atoms with Crippen LogP contribution in [0, 0.1) is 0 Å². The van der Waals surface area contributed by atoms with Gasteiger partial charge in [0.05, 0.1) is 6.61 Å². The molecule has 0 saturated heterocycles. The third kappa shape index (κ3) is 3.57. The molecule has 1 aromatic carbocycles. The highest BCUT2D eigenvalue weighted by atomic mass is 16.5. The van der Waals surface area contributed by atoms with E-state index in [4.69, 9.17) is 9.47 Å². The van der Waals surface area contributed by atoms with E-state index in [-0.39, 0.29) is 24.6 Å². The highest BCUT2D eigenvalue weighted by molar-refractivity contribution is 6.37. The number of hydrazone groups is 1. The molecule has 0 bridgehead atoms. The number of nitrogens with zero attached hydrogens (tertiary/aromatic N) is 1. The average Bonchev–Trinajstić information content (AvgIpc) is 2.47. The van der Waals surface area contributed by atoms with E-state index >= 15 is 0 Å². The molecule has 6 heteroatoms. The van der Waals surface area contributed by atoms with Crippen LogP contribution in [0.5, 0.6) is 5.75 Å². The molecule has 0 atom stereocenters. The van der Waals surface area contributed by atoms with E-state index in [2.05, 4.69) is 10.5 Å². The smallest absolute Gasteiger partial charge is 0.354 e. The number of carbonyl (C=O) groups is 2. The zero-order valence-electron chi connectivity index (χ0n) is 11.2. The Morgan fingerprint density at radius 1 is 1.35 bits per heavy atom. The molecule has 1 aliphatic heterocycles. The average molecular weight is 276 g/mol. The maximum absolute atomic E-state index is 11.8. The van der Waals surface area contributed by atoms with Gasteiger partial charge in [-0.05, 0) is 13.0 Å². The number of esters is 1. The van der Waals surface area contributed by atoms with E-state index < -0.39 is 5.97 Å². The van der Waals surface area contributed by atoms with E-state index in [9.17, 15) is 9.59 Å². The first-order chi connectivity index (χ1) is 9.70. The van der Waals surface area contributed by atoms with Crippen molar-refractivity contribution >= 4 is 17.6 Å². The number of hydrogen-bond donors (Lipinski definition) is 1. The Hall–Kier alpha value is -2.37. The van der Waals surface area contributed by atoms with Gasteiger partial charge in [-0.1, -0.05) is 18.2 Å². The molecule has 1 N–H and O–H groups in total. The van der Waals surface area contributed by atoms with E-state index in [1.54, 1.807) is 0 Å². The van der Waals surface area contributed by atoms with Gasteiger partial charge in [-0.15, -0.1) is 0 Å². The van der Waals surface area contributed by atoms with Gasteiger partial charge in [-0.2, -0.15) is 5.10 Å². The quantitative estimate of drug-likeness (QED) is 0.824. The minimum Gasteiger partial charge on any atom is -0.493 e. The molecule has 0 saturated carbocycles. The number of benzene rings is 1. The summed E-state index contributed by atoms with van der Waals surface area (Å²) in [6.45, 7) is 2.55. The zero-order chi connectivity index (χ0) is 14.4. The van der Waals surface area contributed by atoms with Crippen LogP contribution in [0.25, 0.3) is 0 Å². The van der Waals surface area contributed by atoms with Crippen LogP contribution in [0.3, 0.4) is 0 Å². The Morgan fingerprint density at radius 3 is 2.85 bits per heavy atom. The summed E-state index contributed by atoms with van der Waals surface area (Å²) >= 11 is 0. The van der Waals surface area contributed by atoms with Gasteiger partial charge in [0.25, 0.3) is 0 Å². The summed E-state index contributed by atoms with van der Waals surface area (Å²) in [5.74, 6) is -0.0128. The molecule has 0 radical (unpaired) electrons. The van der Waals surface area contributed by atoms with Crippen LogP contribution in [0.15, 0.2) is 29.4 Å². The monoisotopic (exact) mass is 276 g/mol. The molecule has 0 fully saturated rings. The van der Waals surface area contributed by atoms with Crippen molar-refractivity contribution in [2.45, 2.75) is 26.4 Å². The number of amides is 1. The van der Waals surface area contributed by atoms with Crippen LogP contribution < -0.4 is 10.2 Å². The topological polar surface area (TPSA) is 77.0 Å². The third-order valence-electron chi connectivity index (χ3n) is 2.77. The maximum Gasteiger partial charge on any atom is 0.354 e. The molecule has 1 aromatic rings. The predicted molar refractivity (Wildman–Crippen MR) is 72.2 cm³/mol. The Morgan fingerprint density at radius 2 is 2.15 bits per heavy atom. The van der Waals surface area contributed by atoms with Crippen LogP contribution in [0.2, 0.25) is 0 Å². The van der Waals surface area contributed by atoms with Crippen molar-refractivity contribution in [1.82, 2.24) is 5.43 Å². The summed E-state index contributed by atoms with van der Waals surface area (Å²) < 4.78 is 10.6. The summed E-state index contributed by atoms with van der Waals surface area (Å²) in [7, 11) is 0. The molecular formula is C14H16N2O4. The molecule has 106 valence electrons. The highest BCUT2D eigenvalue weighted by Gasteiger charge is 2.19. The van der Waals surface area contributed by atoms with Crippen LogP contribution in [0.1, 0.15) is 25.3 Å². The Balaban J connectivity index is 1.95. The summed E-state index contributed by atoms with van der Waals surface area (Å²) in [4.78, 5) is 22.7. The van der Waals surface area contributed by atoms with Crippen LogP contribution in [-0.2, 0) is 20.9 Å². The van der Waals surface area contributed by atoms with Gasteiger partial charge in [0.2, 0.25) is 5.91 Å². The fraction of sp³-hybridized carbons (Fsp3) is 0.357. The van der Waals surface area contributed by atoms with E-state index in [0.29, 0.717) is 18.8 Å². The van der Waals surface area contributed by atoms with Crippen LogP contribution in [0.4, 0.5) is 0 Å². The molecule has 0 aliphatic carbocycles. The lowest BCUT2D eigenvalue weighted by atomic mass is 10.2. The van der Waals surface area contributed by atoms with Crippen molar-refractivity contribution in [1.29, 1.82) is 0 Å². The molecule has 0 spiro atoms. The Bertz CT molecular complexity index is 540. The zero-order valence-corrected chi connectivity index (χ0v) is 11.2. The van der Waals surface area contributed by atoms with Gasteiger partial charge in [0, 0.05) is 18.4 Å². The van der Waals surface area contributed by atoms with Gasteiger partial charge in [-0.25, -0.2) is 10.2 Å². The van der Waals surface area contributed by atoms with Crippen molar-refractivity contribution in [2.75, 3.05) is 6.61 Å². The summed E-state index contributed by atoms with van der Waals surface area (Å²) in [5, 5.41) is 3.69. The predicted octanol–water partition coefficient (Wildman–Crippen LogP) is 1.39. The lowest BCUT2D eigenvalue weighted by Crippen LogP contribution is -2.30. The van der Waals surface area contributed by atoms with Crippen LogP contribution >= 0.6 is 0 Å². The molecule has 0 aromatic heterocycles. The molecule has 1 amide bonds. The van der Waals surface area contributed by atoms with E-state index in [1.807, 2.05) is 31.2 Å². The van der Waals surface area contributed by atoms with Crippen molar-refractivity contribution in [3.8, 4) is 5.75 Å². The third-order valence-corrected chi connectivity index (χ3v) is 2.77. The normalized spacial score (nSPS) is 14.2. The maximum atomic E-state index is 11.8. The Labute approximate surface area is 116 Å². The fourth-order valence-corrected chi connectivity index (χ4v) is 1.77. The fourth-order valence-electron chi connectivity index (χ4n) is 1.77. The largest absolute Gasteiger partial charge is 0.493 e. The second-order valence-electron chi connectivity index (χ2n) is 4.21. The van der Waals surface area contributed by atoms with Crippen molar-refractivity contribution in [3.63, 3.8) is 0 Å². The van der Waals surface area contributed by atoms with Crippen molar-refractivity contribution in [3.05, 3.63) is 29.8 Å². The second kappa shape index (κ2) is 6.70. The summed E-state index contributed by atoms with van der Waals surface area (Å²) in [6.07, 6.45) is 0.557. The van der Waals surface area contributed by atoms with Gasteiger partial charge in [-0.3, -0.25) is 4.79 Å². The molecule has 1 aliphatic rings. The minimum atomic E-state index is -0.517. The second-order valence-corrected chi connectivity index (χ2v) is 4.21. The molecular weight excluding hydrogens is 260 g/mol. The standard InChI is InChI=1S/C14H16N2O4/c1-2-19-12-6-4-3-5-10(12)9-20-14(18)11-7-8-13(17)16-15-11/h3-6H,2,7-9H2,1H3,(H,16,17). The highest BCUT2D eigenvalue weighted by Crippen LogP contribution is 2.19. The van der Waals surface area contributed by atoms with Crippen molar-refractivity contribution < 1.29 is 19.1 Å².